The topological polar surface area (TPSA) is 34.1 Å². The van der Waals surface area contributed by atoms with E-state index < -0.39 is 5.41 Å². The summed E-state index contributed by atoms with van der Waals surface area (Å²) >= 11 is 0. The molecular weight excluding hydrogens is 128 g/mol. The van der Waals surface area contributed by atoms with Gasteiger partial charge in [-0.25, -0.2) is 0 Å². The van der Waals surface area contributed by atoms with E-state index in [9.17, 15) is 9.59 Å². The second-order valence-corrected chi connectivity index (χ2v) is 3.52. The van der Waals surface area contributed by atoms with Gasteiger partial charge in [-0.15, -0.1) is 0 Å². The van der Waals surface area contributed by atoms with Crippen molar-refractivity contribution in [1.29, 1.82) is 0 Å². The van der Waals surface area contributed by atoms with E-state index in [1.807, 2.05) is 6.92 Å². The zero-order chi connectivity index (χ0) is 7.94. The van der Waals surface area contributed by atoms with Crippen LogP contribution in [0.4, 0.5) is 0 Å². The molecule has 2 heteroatoms. The number of carbonyl (C=O) groups excluding carboxylic acids is 2. The zero-order valence-electron chi connectivity index (χ0n) is 6.60. The predicted molar refractivity (Wildman–Crippen MR) is 37.6 cm³/mol. The number of hydrogen-bond acceptors (Lipinski definition) is 2. The van der Waals surface area contributed by atoms with Gasteiger partial charge in [0, 0.05) is 12.3 Å². The van der Waals surface area contributed by atoms with Crippen LogP contribution in [0.5, 0.6) is 0 Å². The first-order valence-electron chi connectivity index (χ1n) is 3.54. The van der Waals surface area contributed by atoms with Gasteiger partial charge in [-0.2, -0.15) is 0 Å². The van der Waals surface area contributed by atoms with Crippen molar-refractivity contribution in [3.05, 3.63) is 0 Å². The molecule has 0 aromatic heterocycles. The summed E-state index contributed by atoms with van der Waals surface area (Å²) in [5.74, 6) is 0.130. The third kappa shape index (κ3) is 0.789. The van der Waals surface area contributed by atoms with Gasteiger partial charge in [0.1, 0.15) is 11.6 Å². The van der Waals surface area contributed by atoms with Crippen molar-refractivity contribution in [1.82, 2.24) is 0 Å². The van der Waals surface area contributed by atoms with Gasteiger partial charge in [0.2, 0.25) is 0 Å². The Bertz CT molecular complexity index is 191. The summed E-state index contributed by atoms with van der Waals surface area (Å²) < 4.78 is 0. The molecule has 1 unspecified atom stereocenters. The number of carbonyl (C=O) groups is 2. The van der Waals surface area contributed by atoms with Crippen molar-refractivity contribution in [2.45, 2.75) is 27.2 Å². The Labute approximate surface area is 60.6 Å². The average Bonchev–Trinajstić information content (AvgIpc) is 1.97. The monoisotopic (exact) mass is 140 g/mol. The lowest BCUT2D eigenvalue weighted by Crippen LogP contribution is -2.26. The summed E-state index contributed by atoms with van der Waals surface area (Å²) in [5, 5.41) is 0. The Morgan fingerprint density at radius 3 is 2.00 bits per heavy atom. The molecule has 0 N–H and O–H groups in total. The van der Waals surface area contributed by atoms with E-state index in [-0.39, 0.29) is 17.5 Å². The molecule has 0 aliphatic heterocycles. The van der Waals surface area contributed by atoms with Gasteiger partial charge in [0.15, 0.2) is 0 Å². The Balaban J connectivity index is 2.96. The fourth-order valence-electron chi connectivity index (χ4n) is 1.38. The van der Waals surface area contributed by atoms with Crippen LogP contribution >= 0.6 is 0 Å². The van der Waals surface area contributed by atoms with E-state index in [2.05, 4.69) is 0 Å². The third-order valence-electron chi connectivity index (χ3n) is 2.25. The van der Waals surface area contributed by atoms with E-state index >= 15 is 0 Å². The lowest BCUT2D eigenvalue weighted by molar-refractivity contribution is -0.133. The number of hydrogen-bond donors (Lipinski definition) is 0. The van der Waals surface area contributed by atoms with Crippen LogP contribution in [0.2, 0.25) is 0 Å². The fourth-order valence-corrected chi connectivity index (χ4v) is 1.38. The summed E-state index contributed by atoms with van der Waals surface area (Å²) in [4.78, 5) is 22.3. The maximum absolute atomic E-state index is 11.2. The Morgan fingerprint density at radius 2 is 1.90 bits per heavy atom. The molecule has 0 heterocycles. The van der Waals surface area contributed by atoms with E-state index in [1.165, 1.54) is 0 Å². The van der Waals surface area contributed by atoms with Crippen molar-refractivity contribution >= 4 is 11.6 Å². The van der Waals surface area contributed by atoms with Gasteiger partial charge in [0.05, 0.1) is 5.41 Å². The molecule has 1 fully saturated rings. The van der Waals surface area contributed by atoms with Crippen molar-refractivity contribution in [3.63, 3.8) is 0 Å². The standard InChI is InChI=1S/C8H12O2/c1-5-4-6(9)8(2,3)7(5)10/h5H,4H2,1-3H3. The summed E-state index contributed by atoms with van der Waals surface area (Å²) in [6.45, 7) is 5.23. The molecule has 10 heavy (non-hydrogen) atoms. The average molecular weight is 140 g/mol. The quantitative estimate of drug-likeness (QED) is 0.474. The van der Waals surface area contributed by atoms with Crippen LogP contribution in [0, 0.1) is 11.3 Å². The molecule has 1 atom stereocenters. The minimum Gasteiger partial charge on any atom is -0.299 e. The first kappa shape index (κ1) is 7.45. The molecule has 0 amide bonds. The lowest BCUT2D eigenvalue weighted by Gasteiger charge is -2.11. The number of Topliss-reactive ketones (excluding diaryl/α,β-unsaturated/α-hetero) is 2. The van der Waals surface area contributed by atoms with Crippen LogP contribution in [-0.2, 0) is 9.59 Å². The van der Waals surface area contributed by atoms with Gasteiger partial charge in [-0.3, -0.25) is 9.59 Å². The molecule has 0 radical (unpaired) electrons. The largest absolute Gasteiger partial charge is 0.299 e. The molecule has 56 valence electrons. The predicted octanol–water partition coefficient (Wildman–Crippen LogP) is 1.19. The van der Waals surface area contributed by atoms with E-state index in [4.69, 9.17) is 0 Å². The Hall–Kier alpha value is -0.660. The molecule has 1 aliphatic rings. The lowest BCUT2D eigenvalue weighted by atomic mass is 9.88. The molecule has 2 nitrogen and oxygen atoms in total. The van der Waals surface area contributed by atoms with E-state index in [1.54, 1.807) is 13.8 Å². The fraction of sp³-hybridized carbons (Fsp3) is 0.750. The van der Waals surface area contributed by atoms with Gasteiger partial charge in [0.25, 0.3) is 0 Å². The van der Waals surface area contributed by atoms with Crippen LogP contribution in [0.25, 0.3) is 0 Å². The van der Waals surface area contributed by atoms with E-state index in [0.29, 0.717) is 6.42 Å². The summed E-state index contributed by atoms with van der Waals surface area (Å²) in [6.07, 6.45) is 0.436. The zero-order valence-corrected chi connectivity index (χ0v) is 6.60. The van der Waals surface area contributed by atoms with Crippen molar-refractivity contribution < 1.29 is 9.59 Å². The molecule has 0 saturated heterocycles. The Morgan fingerprint density at radius 1 is 1.40 bits per heavy atom. The molecule has 0 bridgehead atoms. The summed E-state index contributed by atoms with van der Waals surface area (Å²) in [5.41, 5.74) is -0.695. The third-order valence-corrected chi connectivity index (χ3v) is 2.25. The highest BCUT2D eigenvalue weighted by molar-refractivity contribution is 6.13. The smallest absolute Gasteiger partial charge is 0.149 e. The number of ketones is 2. The second kappa shape index (κ2) is 1.91. The highest BCUT2D eigenvalue weighted by Gasteiger charge is 2.45. The van der Waals surface area contributed by atoms with Gasteiger partial charge < -0.3 is 0 Å². The maximum atomic E-state index is 11.2. The highest BCUT2D eigenvalue weighted by atomic mass is 16.2. The molecule has 0 aromatic rings. The van der Waals surface area contributed by atoms with Gasteiger partial charge >= 0.3 is 0 Å². The van der Waals surface area contributed by atoms with E-state index in [0.717, 1.165) is 0 Å². The molecular formula is C8H12O2. The second-order valence-electron chi connectivity index (χ2n) is 3.52. The Kier molecular flexibility index (Phi) is 1.42. The minimum atomic E-state index is -0.695. The molecule has 1 aliphatic carbocycles. The minimum absolute atomic E-state index is 0.0532. The van der Waals surface area contributed by atoms with Crippen molar-refractivity contribution in [2.75, 3.05) is 0 Å². The summed E-state index contributed by atoms with van der Waals surface area (Å²) in [6, 6.07) is 0. The van der Waals surface area contributed by atoms with Crippen LogP contribution in [-0.4, -0.2) is 11.6 Å². The number of rotatable bonds is 0. The SMILES string of the molecule is CC1CC(=O)C(C)(C)C1=O. The van der Waals surface area contributed by atoms with Crippen LogP contribution in [0.3, 0.4) is 0 Å². The molecule has 1 saturated carbocycles. The first-order valence-corrected chi connectivity index (χ1v) is 3.54. The summed E-state index contributed by atoms with van der Waals surface area (Å²) in [7, 11) is 0. The van der Waals surface area contributed by atoms with Gasteiger partial charge in [-0.05, 0) is 13.8 Å². The maximum Gasteiger partial charge on any atom is 0.149 e. The van der Waals surface area contributed by atoms with Crippen LogP contribution in [0.1, 0.15) is 27.2 Å². The molecule has 1 rings (SSSR count). The molecule has 0 aromatic carbocycles. The van der Waals surface area contributed by atoms with Crippen molar-refractivity contribution in [3.8, 4) is 0 Å². The normalized spacial score (nSPS) is 31.3. The van der Waals surface area contributed by atoms with Gasteiger partial charge in [-0.1, -0.05) is 6.92 Å². The van der Waals surface area contributed by atoms with Crippen LogP contribution < -0.4 is 0 Å². The van der Waals surface area contributed by atoms with Crippen LogP contribution in [0.15, 0.2) is 0 Å². The van der Waals surface area contributed by atoms with Crippen molar-refractivity contribution in [2.24, 2.45) is 11.3 Å². The molecule has 0 spiro atoms. The highest BCUT2D eigenvalue weighted by Crippen LogP contribution is 2.33. The first-order chi connectivity index (χ1) is 4.46.